The van der Waals surface area contributed by atoms with Gasteiger partial charge in [0.1, 0.15) is 5.69 Å². The zero-order valence-corrected chi connectivity index (χ0v) is 17.6. The first kappa shape index (κ1) is 20.0. The molecule has 1 aliphatic heterocycles. The average molecular weight is 423 g/mol. The summed E-state index contributed by atoms with van der Waals surface area (Å²) in [6.07, 6.45) is 0.101. The number of aromatic nitrogens is 2. The third-order valence-electron chi connectivity index (χ3n) is 5.19. The molecule has 2 amide bonds. The number of benzene rings is 2. The quantitative estimate of drug-likeness (QED) is 0.686. The maximum Gasteiger partial charge on any atom is 0.295 e. The van der Waals surface area contributed by atoms with Gasteiger partial charge >= 0.3 is 0 Å². The van der Waals surface area contributed by atoms with E-state index in [2.05, 4.69) is 5.32 Å². The van der Waals surface area contributed by atoms with Gasteiger partial charge in [0, 0.05) is 24.9 Å². The Kier molecular flexibility index (Phi) is 5.50. The monoisotopic (exact) mass is 422 g/mol. The van der Waals surface area contributed by atoms with Gasteiger partial charge in [0.05, 0.1) is 22.8 Å². The number of para-hydroxylation sites is 2. The predicted octanol–water partition coefficient (Wildman–Crippen LogP) is 2.95. The average Bonchev–Trinajstić information content (AvgIpc) is 2.96. The summed E-state index contributed by atoms with van der Waals surface area (Å²) in [4.78, 5) is 40.6. The minimum atomic E-state index is -0.301. The number of carbonyl (C=O) groups is 2. The van der Waals surface area contributed by atoms with E-state index in [9.17, 15) is 14.4 Å². The third kappa shape index (κ3) is 3.66. The number of anilines is 2. The highest BCUT2D eigenvalue weighted by Crippen LogP contribution is 2.34. The molecule has 154 valence electrons. The summed E-state index contributed by atoms with van der Waals surface area (Å²) in [6.45, 7) is 2.05. The Labute approximate surface area is 178 Å². The molecule has 0 aliphatic carbocycles. The lowest BCUT2D eigenvalue weighted by Crippen LogP contribution is -2.37. The molecule has 1 aromatic heterocycles. The van der Waals surface area contributed by atoms with Crippen LogP contribution in [-0.4, -0.2) is 33.5 Å². The first-order valence-corrected chi connectivity index (χ1v) is 10.6. The van der Waals surface area contributed by atoms with Crippen LogP contribution < -0.4 is 15.8 Å². The summed E-state index contributed by atoms with van der Waals surface area (Å²) >= 11 is 1.51. The van der Waals surface area contributed by atoms with Crippen LogP contribution in [0.3, 0.4) is 0 Å². The van der Waals surface area contributed by atoms with Crippen LogP contribution in [0.4, 0.5) is 11.4 Å². The van der Waals surface area contributed by atoms with Crippen molar-refractivity contribution in [1.82, 2.24) is 9.36 Å². The molecule has 30 heavy (non-hydrogen) atoms. The maximum atomic E-state index is 12.9. The molecule has 8 heteroatoms. The molecular formula is C22H22N4O3S. The second kappa shape index (κ2) is 8.23. The fourth-order valence-corrected chi connectivity index (χ4v) is 4.46. The fourth-order valence-electron chi connectivity index (χ4n) is 3.53. The molecule has 0 atom stereocenters. The van der Waals surface area contributed by atoms with E-state index >= 15 is 0 Å². The van der Waals surface area contributed by atoms with Crippen molar-refractivity contribution in [2.75, 3.05) is 22.5 Å². The molecule has 2 aromatic carbocycles. The summed E-state index contributed by atoms with van der Waals surface area (Å²) in [6, 6.07) is 16.9. The van der Waals surface area contributed by atoms with Crippen molar-refractivity contribution in [3.63, 3.8) is 0 Å². The Morgan fingerprint density at radius 2 is 1.77 bits per heavy atom. The predicted molar refractivity (Wildman–Crippen MR) is 119 cm³/mol. The highest BCUT2D eigenvalue weighted by molar-refractivity contribution is 8.00. The zero-order valence-electron chi connectivity index (χ0n) is 16.8. The van der Waals surface area contributed by atoms with Crippen LogP contribution >= 0.6 is 11.8 Å². The third-order valence-corrected chi connectivity index (χ3v) is 6.24. The molecule has 0 unspecified atom stereocenters. The lowest BCUT2D eigenvalue weighted by atomic mass is 10.2. The molecule has 1 N–H and O–H groups in total. The fraction of sp³-hybridized carbons (Fsp3) is 0.227. The van der Waals surface area contributed by atoms with Gasteiger partial charge in [-0.25, -0.2) is 4.68 Å². The lowest BCUT2D eigenvalue weighted by molar-refractivity contribution is -0.117. The van der Waals surface area contributed by atoms with E-state index in [4.69, 9.17) is 0 Å². The van der Waals surface area contributed by atoms with E-state index < -0.39 is 0 Å². The topological polar surface area (TPSA) is 76.3 Å². The number of nitrogens with zero attached hydrogens (tertiary/aromatic N) is 3. The van der Waals surface area contributed by atoms with E-state index in [-0.39, 0.29) is 36.0 Å². The molecule has 3 aromatic rings. The van der Waals surface area contributed by atoms with Crippen molar-refractivity contribution in [1.29, 1.82) is 0 Å². The van der Waals surface area contributed by atoms with Gasteiger partial charge in [0.15, 0.2) is 0 Å². The number of hydrogen-bond donors (Lipinski definition) is 1. The Hall–Kier alpha value is -3.26. The van der Waals surface area contributed by atoms with Crippen LogP contribution in [0.15, 0.2) is 64.3 Å². The maximum absolute atomic E-state index is 12.9. The van der Waals surface area contributed by atoms with Gasteiger partial charge in [0.25, 0.3) is 5.56 Å². The van der Waals surface area contributed by atoms with Crippen molar-refractivity contribution in [3.05, 3.63) is 70.6 Å². The molecule has 0 radical (unpaired) electrons. The zero-order chi connectivity index (χ0) is 21.3. The molecule has 4 rings (SSSR count). The van der Waals surface area contributed by atoms with Crippen LogP contribution in [0.25, 0.3) is 5.69 Å². The van der Waals surface area contributed by atoms with Gasteiger partial charge in [-0.1, -0.05) is 30.3 Å². The van der Waals surface area contributed by atoms with E-state index in [0.717, 1.165) is 16.3 Å². The number of rotatable bonds is 5. The van der Waals surface area contributed by atoms with E-state index in [1.54, 1.807) is 23.6 Å². The summed E-state index contributed by atoms with van der Waals surface area (Å²) in [5, 5.41) is 2.75. The van der Waals surface area contributed by atoms with Gasteiger partial charge in [-0.2, -0.15) is 0 Å². The van der Waals surface area contributed by atoms with Crippen molar-refractivity contribution in [2.24, 2.45) is 7.05 Å². The molecule has 0 bridgehead atoms. The lowest BCUT2D eigenvalue weighted by Gasteiger charge is -2.28. The first-order chi connectivity index (χ1) is 14.5. The van der Waals surface area contributed by atoms with Gasteiger partial charge in [-0.15, -0.1) is 11.8 Å². The molecule has 0 saturated carbocycles. The summed E-state index contributed by atoms with van der Waals surface area (Å²) in [7, 11) is 1.78. The number of hydrogen-bond acceptors (Lipinski definition) is 4. The standard InChI is InChI=1S/C22H22N4O3S/c1-15-21(22(29)26(24(15)2)16-8-4-3-5-9-16)23-19(27)12-13-25-17-10-6-7-11-18(17)30-14-20(25)28/h3-11H,12-14H2,1-2H3,(H,23,27). The smallest absolute Gasteiger partial charge is 0.295 e. The minimum absolute atomic E-state index is 0.0196. The van der Waals surface area contributed by atoms with Crippen molar-refractivity contribution in [2.45, 2.75) is 18.2 Å². The van der Waals surface area contributed by atoms with Gasteiger partial charge in [0.2, 0.25) is 11.8 Å². The first-order valence-electron chi connectivity index (χ1n) is 9.63. The van der Waals surface area contributed by atoms with Gasteiger partial charge < -0.3 is 10.2 Å². The molecule has 0 saturated heterocycles. The summed E-state index contributed by atoms with van der Waals surface area (Å²) < 4.78 is 3.24. The Morgan fingerprint density at radius 1 is 1.07 bits per heavy atom. The van der Waals surface area contributed by atoms with E-state index in [0.29, 0.717) is 11.4 Å². The highest BCUT2D eigenvalue weighted by atomic mass is 32.2. The van der Waals surface area contributed by atoms with Crippen LogP contribution in [0.5, 0.6) is 0 Å². The normalized spacial score (nSPS) is 13.3. The summed E-state index contributed by atoms with van der Waals surface area (Å²) in [5.41, 5.74) is 2.18. The largest absolute Gasteiger partial charge is 0.320 e. The Morgan fingerprint density at radius 3 is 2.53 bits per heavy atom. The van der Waals surface area contributed by atoms with Crippen molar-refractivity contribution >= 4 is 35.0 Å². The number of amides is 2. The second-order valence-corrected chi connectivity index (χ2v) is 8.05. The summed E-state index contributed by atoms with van der Waals surface area (Å²) in [5.74, 6) is 0.0384. The molecular weight excluding hydrogens is 400 g/mol. The van der Waals surface area contributed by atoms with Crippen LogP contribution in [0.1, 0.15) is 12.1 Å². The Bertz CT molecular complexity index is 1170. The van der Waals surface area contributed by atoms with Crippen LogP contribution in [0.2, 0.25) is 0 Å². The van der Waals surface area contributed by atoms with Crippen molar-refractivity contribution < 1.29 is 9.59 Å². The Balaban J connectivity index is 1.51. The van der Waals surface area contributed by atoms with Gasteiger partial charge in [-0.3, -0.25) is 19.1 Å². The number of nitrogens with one attached hydrogen (secondary N) is 1. The number of carbonyl (C=O) groups excluding carboxylic acids is 2. The van der Waals surface area contributed by atoms with Gasteiger partial charge in [-0.05, 0) is 31.2 Å². The number of fused-ring (bicyclic) bond motifs is 1. The molecule has 1 aliphatic rings. The van der Waals surface area contributed by atoms with E-state index in [1.165, 1.54) is 16.4 Å². The molecule has 7 nitrogen and oxygen atoms in total. The van der Waals surface area contributed by atoms with Crippen LogP contribution in [0, 0.1) is 6.92 Å². The highest BCUT2D eigenvalue weighted by Gasteiger charge is 2.25. The minimum Gasteiger partial charge on any atom is -0.320 e. The second-order valence-electron chi connectivity index (χ2n) is 7.04. The van der Waals surface area contributed by atoms with Crippen molar-refractivity contribution in [3.8, 4) is 5.69 Å². The molecule has 0 fully saturated rings. The van der Waals surface area contributed by atoms with E-state index in [1.807, 2.05) is 54.6 Å². The van der Waals surface area contributed by atoms with Crippen LogP contribution in [-0.2, 0) is 16.6 Å². The molecule has 0 spiro atoms. The SMILES string of the molecule is Cc1c(NC(=O)CCN2C(=O)CSc3ccccc32)c(=O)n(-c2ccccc2)n1C. The number of thioether (sulfide) groups is 1. The molecule has 2 heterocycles.